The molecule has 0 fully saturated rings. The predicted molar refractivity (Wildman–Crippen MR) is 93.4 cm³/mol. The lowest BCUT2D eigenvalue weighted by Gasteiger charge is -2.10. The highest BCUT2D eigenvalue weighted by Crippen LogP contribution is 2.39. The first-order valence-corrected chi connectivity index (χ1v) is 8.64. The van der Waals surface area contributed by atoms with Gasteiger partial charge >= 0.3 is 0 Å². The number of thioether (sulfide) groups is 1. The lowest BCUT2D eigenvalue weighted by molar-refractivity contribution is 0.507. The molecular formula is C18H14N4OS. The third-order valence-corrected chi connectivity index (χ3v) is 5.25. The zero-order valence-electron chi connectivity index (χ0n) is 12.7. The Labute approximate surface area is 142 Å². The molecule has 5 rings (SSSR count). The molecule has 0 saturated heterocycles. The summed E-state index contributed by atoms with van der Waals surface area (Å²) in [7, 11) is 0. The van der Waals surface area contributed by atoms with Crippen LogP contribution in [0.3, 0.4) is 0 Å². The molecule has 1 N–H and O–H groups in total. The molecule has 1 aliphatic heterocycles. The Balaban J connectivity index is 1.48. The van der Waals surface area contributed by atoms with Crippen LogP contribution in [0.1, 0.15) is 22.5 Å². The molecule has 0 aliphatic carbocycles. The predicted octanol–water partition coefficient (Wildman–Crippen LogP) is 3.96. The van der Waals surface area contributed by atoms with Gasteiger partial charge in [-0.25, -0.2) is 4.68 Å². The van der Waals surface area contributed by atoms with Crippen molar-refractivity contribution in [2.45, 2.75) is 17.0 Å². The molecule has 1 aliphatic rings. The Morgan fingerprint density at radius 2 is 1.96 bits per heavy atom. The maximum absolute atomic E-state index is 5.49. The van der Waals surface area contributed by atoms with Crippen LogP contribution in [0.5, 0.6) is 0 Å². The minimum Gasteiger partial charge on any atom is -0.466 e. The van der Waals surface area contributed by atoms with Gasteiger partial charge < -0.3 is 9.84 Å². The first-order chi connectivity index (χ1) is 11.9. The van der Waals surface area contributed by atoms with Crippen molar-refractivity contribution in [2.75, 3.05) is 5.43 Å². The van der Waals surface area contributed by atoms with Gasteiger partial charge in [0, 0.05) is 6.42 Å². The number of nitrogens with one attached hydrogen (secondary N) is 1. The second-order valence-electron chi connectivity index (χ2n) is 5.69. The molecule has 0 spiro atoms. The average molecular weight is 334 g/mol. The van der Waals surface area contributed by atoms with Gasteiger partial charge in [0.15, 0.2) is 11.2 Å². The molecule has 6 heteroatoms. The van der Waals surface area contributed by atoms with Crippen LogP contribution in [0.25, 0.3) is 10.8 Å². The quantitative estimate of drug-likeness (QED) is 0.614. The normalized spacial score (nSPS) is 16.2. The summed E-state index contributed by atoms with van der Waals surface area (Å²) in [5.74, 6) is 1.80. The van der Waals surface area contributed by atoms with Gasteiger partial charge in [-0.05, 0) is 40.2 Å². The maximum Gasteiger partial charge on any atom is 0.212 e. The first-order valence-electron chi connectivity index (χ1n) is 7.76. The van der Waals surface area contributed by atoms with Gasteiger partial charge in [0.2, 0.25) is 5.16 Å². The van der Waals surface area contributed by atoms with Crippen LogP contribution < -0.4 is 5.43 Å². The van der Waals surface area contributed by atoms with E-state index in [1.54, 1.807) is 18.0 Å². The van der Waals surface area contributed by atoms with Crippen LogP contribution in [0.15, 0.2) is 70.4 Å². The molecule has 0 amide bonds. The van der Waals surface area contributed by atoms with Crippen molar-refractivity contribution in [2.24, 2.45) is 0 Å². The minimum atomic E-state index is 0.0387. The van der Waals surface area contributed by atoms with Crippen molar-refractivity contribution in [1.82, 2.24) is 14.9 Å². The topological polar surface area (TPSA) is 55.9 Å². The summed E-state index contributed by atoms with van der Waals surface area (Å²) in [5.41, 5.74) is 4.66. The number of hydrogen-bond donors (Lipinski definition) is 1. The van der Waals surface area contributed by atoms with Gasteiger partial charge in [-0.15, -0.1) is 10.2 Å². The number of hydrogen-bond acceptors (Lipinski definition) is 5. The third kappa shape index (κ3) is 2.18. The fourth-order valence-corrected chi connectivity index (χ4v) is 4.02. The van der Waals surface area contributed by atoms with Gasteiger partial charge in [-0.3, -0.25) is 0 Å². The SMILES string of the molecule is c1coc(C2Nn3c(Cc4cccc5ccccc45)nnc3S2)c1. The second kappa shape index (κ2) is 5.42. The van der Waals surface area contributed by atoms with Crippen molar-refractivity contribution in [3.63, 3.8) is 0 Å². The minimum absolute atomic E-state index is 0.0387. The summed E-state index contributed by atoms with van der Waals surface area (Å²) in [6, 6.07) is 18.7. The summed E-state index contributed by atoms with van der Waals surface area (Å²) in [6.07, 6.45) is 2.42. The van der Waals surface area contributed by atoms with Gasteiger partial charge in [0.1, 0.15) is 5.76 Å². The number of rotatable bonds is 3. The third-order valence-electron chi connectivity index (χ3n) is 4.20. The molecule has 3 heterocycles. The van der Waals surface area contributed by atoms with Crippen LogP contribution in [-0.2, 0) is 6.42 Å². The van der Waals surface area contributed by atoms with Crippen LogP contribution in [-0.4, -0.2) is 14.9 Å². The summed E-state index contributed by atoms with van der Waals surface area (Å²) in [5, 5.41) is 12.1. The molecule has 2 aromatic carbocycles. The fraction of sp³-hybridized carbons (Fsp3) is 0.111. The van der Waals surface area contributed by atoms with E-state index >= 15 is 0 Å². The highest BCUT2D eigenvalue weighted by atomic mass is 32.2. The smallest absolute Gasteiger partial charge is 0.212 e. The Morgan fingerprint density at radius 3 is 2.88 bits per heavy atom. The van der Waals surface area contributed by atoms with E-state index in [1.807, 2.05) is 16.8 Å². The monoisotopic (exact) mass is 334 g/mol. The number of furan rings is 1. The van der Waals surface area contributed by atoms with Gasteiger partial charge in [-0.1, -0.05) is 42.5 Å². The molecule has 0 radical (unpaired) electrons. The zero-order valence-corrected chi connectivity index (χ0v) is 13.5. The fourth-order valence-electron chi connectivity index (χ4n) is 3.05. The van der Waals surface area contributed by atoms with Crippen LogP contribution in [0, 0.1) is 0 Å². The van der Waals surface area contributed by atoms with Gasteiger partial charge in [0.05, 0.1) is 6.26 Å². The molecule has 5 nitrogen and oxygen atoms in total. The lowest BCUT2D eigenvalue weighted by atomic mass is 10.0. The molecule has 1 atom stereocenters. The van der Waals surface area contributed by atoms with E-state index in [1.165, 1.54) is 16.3 Å². The van der Waals surface area contributed by atoms with Gasteiger partial charge in [-0.2, -0.15) is 0 Å². The molecule has 24 heavy (non-hydrogen) atoms. The van der Waals surface area contributed by atoms with E-state index in [-0.39, 0.29) is 5.37 Å². The molecule has 0 saturated carbocycles. The Hall–Kier alpha value is -2.73. The van der Waals surface area contributed by atoms with E-state index in [4.69, 9.17) is 4.42 Å². The van der Waals surface area contributed by atoms with E-state index in [2.05, 4.69) is 58.1 Å². The van der Waals surface area contributed by atoms with E-state index in [0.717, 1.165) is 23.2 Å². The van der Waals surface area contributed by atoms with Crippen molar-refractivity contribution in [3.05, 3.63) is 78.0 Å². The van der Waals surface area contributed by atoms with Crippen LogP contribution >= 0.6 is 11.8 Å². The number of aromatic nitrogens is 3. The van der Waals surface area contributed by atoms with Crippen molar-refractivity contribution >= 4 is 22.5 Å². The maximum atomic E-state index is 5.49. The summed E-state index contributed by atoms with van der Waals surface area (Å²) < 4.78 is 7.46. The molecule has 2 aromatic heterocycles. The Kier molecular flexibility index (Phi) is 3.09. The van der Waals surface area contributed by atoms with Crippen molar-refractivity contribution < 1.29 is 4.42 Å². The van der Waals surface area contributed by atoms with Crippen molar-refractivity contribution in [1.29, 1.82) is 0 Å². The van der Waals surface area contributed by atoms with Crippen molar-refractivity contribution in [3.8, 4) is 0 Å². The summed E-state index contributed by atoms with van der Waals surface area (Å²) in [6.45, 7) is 0. The number of benzene rings is 2. The second-order valence-corrected chi connectivity index (χ2v) is 6.76. The number of nitrogens with zero attached hydrogens (tertiary/aromatic N) is 3. The number of fused-ring (bicyclic) bond motifs is 2. The molecule has 1 unspecified atom stereocenters. The van der Waals surface area contributed by atoms with Crippen LogP contribution in [0.2, 0.25) is 0 Å². The molecule has 4 aromatic rings. The first kappa shape index (κ1) is 13.7. The van der Waals surface area contributed by atoms with E-state index in [9.17, 15) is 0 Å². The highest BCUT2D eigenvalue weighted by Gasteiger charge is 2.29. The summed E-state index contributed by atoms with van der Waals surface area (Å²) in [4.78, 5) is 0. The van der Waals surface area contributed by atoms with E-state index < -0.39 is 0 Å². The Morgan fingerprint density at radius 1 is 1.04 bits per heavy atom. The summed E-state index contributed by atoms with van der Waals surface area (Å²) >= 11 is 1.61. The standard InChI is InChI=1S/C18H14N4OS/c1-2-8-14-12(5-1)6-3-7-13(14)11-16-19-20-18-22(16)21-17(24-18)15-9-4-10-23-15/h1-10,17,21H,11H2. The molecule has 0 bridgehead atoms. The molecule has 118 valence electrons. The van der Waals surface area contributed by atoms with E-state index in [0.29, 0.717) is 0 Å². The largest absolute Gasteiger partial charge is 0.466 e. The van der Waals surface area contributed by atoms with Gasteiger partial charge in [0.25, 0.3) is 0 Å². The highest BCUT2D eigenvalue weighted by molar-refractivity contribution is 7.99. The Bertz CT molecular complexity index is 1000. The molecular weight excluding hydrogens is 320 g/mol. The zero-order chi connectivity index (χ0) is 15.9. The average Bonchev–Trinajstić information content (AvgIpc) is 3.33. The van der Waals surface area contributed by atoms with Crippen LogP contribution in [0.4, 0.5) is 0 Å². The lowest BCUT2D eigenvalue weighted by Crippen LogP contribution is -2.15.